The van der Waals surface area contributed by atoms with E-state index in [1.54, 1.807) is 67.6 Å². The highest BCUT2D eigenvalue weighted by Crippen LogP contribution is 2.41. The van der Waals surface area contributed by atoms with Crippen molar-refractivity contribution in [2.24, 2.45) is 0 Å². The molecule has 1 atom stereocenters. The van der Waals surface area contributed by atoms with Gasteiger partial charge in [0.05, 0.1) is 11.3 Å². The molecule has 0 amide bonds. The Morgan fingerprint density at radius 3 is 2.19 bits per heavy atom. The van der Waals surface area contributed by atoms with Gasteiger partial charge in [0, 0.05) is 0 Å². The number of sulfone groups is 1. The summed E-state index contributed by atoms with van der Waals surface area (Å²) in [5, 5.41) is 9.32. The molecule has 0 bridgehead atoms. The van der Waals surface area contributed by atoms with Crippen LogP contribution < -0.4 is 0 Å². The molecule has 6 heteroatoms. The molecule has 4 aromatic carbocycles. The van der Waals surface area contributed by atoms with Crippen LogP contribution in [0.5, 0.6) is 0 Å². The Morgan fingerprint density at radius 2 is 1.56 bits per heavy atom. The second kappa shape index (κ2) is 8.55. The Morgan fingerprint density at radius 1 is 0.938 bits per heavy atom. The molecule has 4 rings (SSSR count). The van der Waals surface area contributed by atoms with Gasteiger partial charge in [0.1, 0.15) is 11.1 Å². The lowest BCUT2D eigenvalue weighted by Gasteiger charge is -2.24. The molecule has 0 saturated heterocycles. The van der Waals surface area contributed by atoms with Crippen LogP contribution in [0.2, 0.25) is 0 Å². The van der Waals surface area contributed by atoms with E-state index >= 15 is 0 Å². The number of carboxylic acid groups (broad SMARTS) is 1. The van der Waals surface area contributed by atoms with Gasteiger partial charge in [-0.2, -0.15) is 0 Å². The SMILES string of the molecule is Cc1c(CC(=O)O)cc2ccc(F)cc2c1C(c1ccccc1)S(=O)(=O)c1ccccc1. The molecule has 1 unspecified atom stereocenters. The average molecular weight is 449 g/mol. The number of carbonyl (C=O) groups is 1. The summed E-state index contributed by atoms with van der Waals surface area (Å²) in [4.78, 5) is 11.6. The van der Waals surface area contributed by atoms with Crippen LogP contribution in [0.4, 0.5) is 4.39 Å². The molecule has 0 heterocycles. The van der Waals surface area contributed by atoms with E-state index in [-0.39, 0.29) is 11.3 Å². The first-order valence-electron chi connectivity index (χ1n) is 10.1. The van der Waals surface area contributed by atoms with Gasteiger partial charge in [0.2, 0.25) is 0 Å². The summed E-state index contributed by atoms with van der Waals surface area (Å²) in [6.45, 7) is 1.70. The van der Waals surface area contributed by atoms with Crippen molar-refractivity contribution in [1.29, 1.82) is 0 Å². The largest absolute Gasteiger partial charge is 0.481 e. The fourth-order valence-corrected chi connectivity index (χ4v) is 6.06. The lowest BCUT2D eigenvalue weighted by molar-refractivity contribution is -0.136. The Kier molecular flexibility index (Phi) is 5.80. The number of carboxylic acids is 1. The van der Waals surface area contributed by atoms with Crippen molar-refractivity contribution in [3.05, 3.63) is 113 Å². The molecule has 32 heavy (non-hydrogen) atoms. The standard InChI is InChI=1S/C26H21FO4S/c1-17-20(15-24(28)29)14-19-12-13-21(27)16-23(19)25(17)26(18-8-4-2-5-9-18)32(30,31)22-10-6-3-7-11-22/h2-14,16,26H,15H2,1H3,(H,28,29). The van der Waals surface area contributed by atoms with Crippen LogP contribution >= 0.6 is 0 Å². The molecule has 162 valence electrons. The van der Waals surface area contributed by atoms with Gasteiger partial charge in [-0.15, -0.1) is 0 Å². The van der Waals surface area contributed by atoms with E-state index in [2.05, 4.69) is 0 Å². The fourth-order valence-electron chi connectivity index (χ4n) is 4.12. The van der Waals surface area contributed by atoms with E-state index in [1.165, 1.54) is 24.3 Å². The Bertz CT molecular complexity index is 1400. The third-order valence-corrected chi connectivity index (χ3v) is 7.67. The number of hydrogen-bond donors (Lipinski definition) is 1. The number of rotatable bonds is 6. The maximum absolute atomic E-state index is 14.3. The topological polar surface area (TPSA) is 71.4 Å². The van der Waals surface area contributed by atoms with Crippen molar-refractivity contribution in [1.82, 2.24) is 0 Å². The van der Waals surface area contributed by atoms with Crippen LogP contribution in [0.1, 0.15) is 27.5 Å². The van der Waals surface area contributed by atoms with Crippen LogP contribution in [-0.4, -0.2) is 19.5 Å². The molecule has 0 aliphatic heterocycles. The van der Waals surface area contributed by atoms with E-state index in [0.29, 0.717) is 33.0 Å². The monoisotopic (exact) mass is 448 g/mol. The van der Waals surface area contributed by atoms with E-state index in [1.807, 2.05) is 0 Å². The molecule has 0 spiro atoms. The van der Waals surface area contributed by atoms with Gasteiger partial charge in [-0.3, -0.25) is 4.79 Å². The summed E-state index contributed by atoms with van der Waals surface area (Å²) in [6, 6.07) is 22.7. The summed E-state index contributed by atoms with van der Waals surface area (Å²) in [7, 11) is -3.95. The molecule has 1 N–H and O–H groups in total. The Balaban J connectivity index is 2.12. The van der Waals surface area contributed by atoms with Crippen molar-refractivity contribution in [3.63, 3.8) is 0 Å². The van der Waals surface area contributed by atoms with Gasteiger partial charge in [-0.1, -0.05) is 60.7 Å². The third kappa shape index (κ3) is 4.01. The first-order chi connectivity index (χ1) is 15.3. The zero-order chi connectivity index (χ0) is 22.9. The smallest absolute Gasteiger partial charge is 0.307 e. The average Bonchev–Trinajstić information content (AvgIpc) is 2.77. The van der Waals surface area contributed by atoms with Crippen LogP contribution in [0.25, 0.3) is 10.8 Å². The molecule has 4 aromatic rings. The summed E-state index contributed by atoms with van der Waals surface area (Å²) >= 11 is 0. The van der Waals surface area contributed by atoms with Crippen LogP contribution in [0.15, 0.2) is 89.8 Å². The molecule has 4 nitrogen and oxygen atoms in total. The summed E-state index contributed by atoms with van der Waals surface area (Å²) in [5.41, 5.74) is 1.94. The van der Waals surface area contributed by atoms with Crippen molar-refractivity contribution in [2.45, 2.75) is 23.5 Å². The molecule has 0 fully saturated rings. The number of benzene rings is 4. The second-order valence-electron chi connectivity index (χ2n) is 7.66. The predicted octanol–water partition coefficient (Wildman–Crippen LogP) is 5.48. The number of halogens is 1. The minimum absolute atomic E-state index is 0.140. The van der Waals surface area contributed by atoms with Gasteiger partial charge in [0.25, 0.3) is 0 Å². The number of fused-ring (bicyclic) bond motifs is 1. The zero-order valence-electron chi connectivity index (χ0n) is 17.3. The van der Waals surface area contributed by atoms with E-state index < -0.39 is 26.9 Å². The van der Waals surface area contributed by atoms with Gasteiger partial charge in [0.15, 0.2) is 9.84 Å². The highest BCUT2D eigenvalue weighted by atomic mass is 32.2. The molecular formula is C26H21FO4S. The third-order valence-electron chi connectivity index (χ3n) is 5.61. The van der Waals surface area contributed by atoms with Crippen molar-refractivity contribution >= 4 is 26.6 Å². The van der Waals surface area contributed by atoms with Crippen LogP contribution in [0, 0.1) is 12.7 Å². The lowest BCUT2D eigenvalue weighted by atomic mass is 9.89. The fraction of sp³-hybridized carbons (Fsp3) is 0.115. The Hall–Kier alpha value is -3.51. The summed E-state index contributed by atoms with van der Waals surface area (Å²) < 4.78 is 42.2. The minimum atomic E-state index is -3.95. The van der Waals surface area contributed by atoms with Gasteiger partial charge in [-0.05, 0) is 64.2 Å². The maximum Gasteiger partial charge on any atom is 0.307 e. The quantitative estimate of drug-likeness (QED) is 0.424. The van der Waals surface area contributed by atoms with Gasteiger partial charge >= 0.3 is 5.97 Å². The van der Waals surface area contributed by atoms with Gasteiger partial charge < -0.3 is 5.11 Å². The molecule has 0 aromatic heterocycles. The maximum atomic E-state index is 14.3. The highest BCUT2D eigenvalue weighted by molar-refractivity contribution is 7.92. The normalized spacial score (nSPS) is 12.6. The van der Waals surface area contributed by atoms with Crippen molar-refractivity contribution in [3.8, 4) is 0 Å². The number of aliphatic carboxylic acids is 1. The molecule has 0 aliphatic carbocycles. The number of hydrogen-bond acceptors (Lipinski definition) is 3. The first-order valence-corrected chi connectivity index (χ1v) is 11.6. The Labute approximate surface area is 185 Å². The first kappa shape index (κ1) is 21.7. The summed E-state index contributed by atoms with van der Waals surface area (Å²) in [5.74, 6) is -1.52. The molecule has 0 saturated carbocycles. The van der Waals surface area contributed by atoms with E-state index in [9.17, 15) is 22.7 Å². The van der Waals surface area contributed by atoms with Gasteiger partial charge in [-0.25, -0.2) is 12.8 Å². The van der Waals surface area contributed by atoms with Crippen LogP contribution in [-0.2, 0) is 21.1 Å². The highest BCUT2D eigenvalue weighted by Gasteiger charge is 2.34. The van der Waals surface area contributed by atoms with Crippen molar-refractivity contribution in [2.75, 3.05) is 0 Å². The van der Waals surface area contributed by atoms with Crippen LogP contribution in [0.3, 0.4) is 0 Å². The zero-order valence-corrected chi connectivity index (χ0v) is 18.1. The minimum Gasteiger partial charge on any atom is -0.481 e. The summed E-state index contributed by atoms with van der Waals surface area (Å²) in [6.07, 6.45) is -0.265. The van der Waals surface area contributed by atoms with E-state index in [4.69, 9.17) is 0 Å². The van der Waals surface area contributed by atoms with Crippen molar-refractivity contribution < 1.29 is 22.7 Å². The lowest BCUT2D eigenvalue weighted by Crippen LogP contribution is -2.18. The molecule has 0 radical (unpaired) electrons. The van der Waals surface area contributed by atoms with E-state index in [0.717, 1.165) is 0 Å². The second-order valence-corrected chi connectivity index (χ2v) is 9.69. The molecular weight excluding hydrogens is 427 g/mol. The predicted molar refractivity (Wildman–Crippen MR) is 122 cm³/mol. The molecule has 0 aliphatic rings.